The van der Waals surface area contributed by atoms with Crippen LogP contribution in [0, 0.1) is 6.92 Å². The number of hydrogen-bond donors (Lipinski definition) is 1. The van der Waals surface area contributed by atoms with Gasteiger partial charge in [-0.05, 0) is 51.3 Å². The number of anilines is 1. The van der Waals surface area contributed by atoms with Crippen LogP contribution in [0.25, 0.3) is 0 Å². The maximum atomic E-state index is 3.62. The fourth-order valence-electron chi connectivity index (χ4n) is 2.67. The van der Waals surface area contributed by atoms with Gasteiger partial charge in [-0.3, -0.25) is 0 Å². The summed E-state index contributed by atoms with van der Waals surface area (Å²) >= 11 is 0. The summed E-state index contributed by atoms with van der Waals surface area (Å²) in [6.07, 6.45) is 6.73. The first-order chi connectivity index (χ1) is 8.75. The van der Waals surface area contributed by atoms with Crippen LogP contribution in [0.1, 0.15) is 37.7 Å². The molecule has 1 aromatic rings. The Morgan fingerprint density at radius 1 is 1.22 bits per heavy atom. The van der Waals surface area contributed by atoms with Crippen LogP contribution < -0.4 is 10.2 Å². The van der Waals surface area contributed by atoms with Crippen molar-refractivity contribution < 1.29 is 0 Å². The Morgan fingerprint density at radius 3 is 2.67 bits per heavy atom. The average molecular weight is 246 g/mol. The molecule has 2 rings (SSSR count). The summed E-state index contributed by atoms with van der Waals surface area (Å²) < 4.78 is 0. The van der Waals surface area contributed by atoms with Crippen molar-refractivity contribution in [2.75, 3.05) is 25.0 Å². The Morgan fingerprint density at radius 2 is 2.00 bits per heavy atom. The second-order valence-electron chi connectivity index (χ2n) is 5.55. The highest BCUT2D eigenvalue weighted by molar-refractivity contribution is 5.46. The van der Waals surface area contributed by atoms with E-state index in [1.54, 1.807) is 0 Å². The van der Waals surface area contributed by atoms with Gasteiger partial charge in [-0.15, -0.1) is 0 Å². The molecule has 0 aliphatic carbocycles. The zero-order valence-electron chi connectivity index (χ0n) is 11.8. The molecule has 1 aliphatic rings. The van der Waals surface area contributed by atoms with Crippen LogP contribution in [-0.4, -0.2) is 26.2 Å². The summed E-state index contributed by atoms with van der Waals surface area (Å²) in [5, 5.41) is 3.62. The molecule has 0 spiro atoms. The fraction of sp³-hybridized carbons (Fsp3) is 0.625. The van der Waals surface area contributed by atoms with Gasteiger partial charge in [0, 0.05) is 25.3 Å². The Hall–Kier alpha value is -1.02. The Kier molecular flexibility index (Phi) is 5.06. The van der Waals surface area contributed by atoms with Crippen molar-refractivity contribution in [1.29, 1.82) is 0 Å². The standard InChI is InChI=1S/C16H26N2/c1-14-8-10-16(11-9-14)18(2)13-5-7-15-6-3-4-12-17-15/h8-11,15,17H,3-7,12-13H2,1-2H3. The minimum absolute atomic E-state index is 0.769. The lowest BCUT2D eigenvalue weighted by Crippen LogP contribution is -2.34. The highest BCUT2D eigenvalue weighted by Crippen LogP contribution is 2.16. The van der Waals surface area contributed by atoms with Gasteiger partial charge >= 0.3 is 0 Å². The molecule has 1 atom stereocenters. The minimum atomic E-state index is 0.769. The SMILES string of the molecule is Cc1ccc(N(C)CCCC2CCCCN2)cc1. The Labute approximate surface area is 111 Å². The predicted molar refractivity (Wildman–Crippen MR) is 79.3 cm³/mol. The van der Waals surface area contributed by atoms with Gasteiger partial charge in [-0.1, -0.05) is 24.1 Å². The largest absolute Gasteiger partial charge is 0.375 e. The zero-order chi connectivity index (χ0) is 12.8. The third-order valence-corrected chi connectivity index (χ3v) is 3.93. The van der Waals surface area contributed by atoms with Gasteiger partial charge in [0.25, 0.3) is 0 Å². The van der Waals surface area contributed by atoms with Crippen molar-refractivity contribution in [3.8, 4) is 0 Å². The normalized spacial score (nSPS) is 19.8. The summed E-state index contributed by atoms with van der Waals surface area (Å²) in [7, 11) is 2.19. The molecule has 0 saturated carbocycles. The maximum Gasteiger partial charge on any atom is 0.0363 e. The number of benzene rings is 1. The first kappa shape index (κ1) is 13.4. The van der Waals surface area contributed by atoms with Gasteiger partial charge in [-0.25, -0.2) is 0 Å². The second-order valence-corrected chi connectivity index (χ2v) is 5.55. The molecule has 2 nitrogen and oxygen atoms in total. The maximum absolute atomic E-state index is 3.62. The predicted octanol–water partition coefficient (Wildman–Crippen LogP) is 3.35. The number of rotatable bonds is 5. The van der Waals surface area contributed by atoms with E-state index in [0.29, 0.717) is 0 Å². The molecule has 1 aromatic carbocycles. The molecule has 0 radical (unpaired) electrons. The third kappa shape index (κ3) is 4.02. The summed E-state index contributed by atoms with van der Waals surface area (Å²) in [5.41, 5.74) is 2.66. The van der Waals surface area contributed by atoms with Gasteiger partial charge in [0.05, 0.1) is 0 Å². The van der Waals surface area contributed by atoms with E-state index < -0.39 is 0 Å². The monoisotopic (exact) mass is 246 g/mol. The molecule has 100 valence electrons. The van der Waals surface area contributed by atoms with Crippen molar-refractivity contribution in [3.05, 3.63) is 29.8 Å². The topological polar surface area (TPSA) is 15.3 Å². The highest BCUT2D eigenvalue weighted by Gasteiger charge is 2.12. The number of nitrogens with zero attached hydrogens (tertiary/aromatic N) is 1. The molecular weight excluding hydrogens is 220 g/mol. The molecule has 1 fully saturated rings. The smallest absolute Gasteiger partial charge is 0.0363 e. The number of nitrogens with one attached hydrogen (secondary N) is 1. The van der Waals surface area contributed by atoms with E-state index in [4.69, 9.17) is 0 Å². The van der Waals surface area contributed by atoms with Crippen LogP contribution >= 0.6 is 0 Å². The number of piperidine rings is 1. The van der Waals surface area contributed by atoms with E-state index >= 15 is 0 Å². The van der Waals surface area contributed by atoms with Crippen molar-refractivity contribution in [2.45, 2.75) is 45.1 Å². The Balaban J connectivity index is 1.70. The lowest BCUT2D eigenvalue weighted by Gasteiger charge is -2.25. The first-order valence-corrected chi connectivity index (χ1v) is 7.27. The second kappa shape index (κ2) is 6.79. The zero-order valence-corrected chi connectivity index (χ0v) is 11.8. The molecule has 1 saturated heterocycles. The molecule has 1 heterocycles. The van der Waals surface area contributed by atoms with Crippen molar-refractivity contribution in [2.24, 2.45) is 0 Å². The molecule has 0 bridgehead atoms. The number of aryl methyl sites for hydroxylation is 1. The van der Waals surface area contributed by atoms with E-state index in [1.165, 1.54) is 49.9 Å². The van der Waals surface area contributed by atoms with Crippen LogP contribution in [-0.2, 0) is 0 Å². The van der Waals surface area contributed by atoms with Crippen LogP contribution in [0.2, 0.25) is 0 Å². The van der Waals surface area contributed by atoms with Gasteiger partial charge < -0.3 is 10.2 Å². The quantitative estimate of drug-likeness (QED) is 0.857. The molecule has 1 aliphatic heterocycles. The van der Waals surface area contributed by atoms with Gasteiger partial charge in [0.15, 0.2) is 0 Å². The summed E-state index contributed by atoms with van der Waals surface area (Å²) in [4.78, 5) is 2.36. The van der Waals surface area contributed by atoms with Gasteiger partial charge in [-0.2, -0.15) is 0 Å². The van der Waals surface area contributed by atoms with E-state index in [2.05, 4.69) is 48.5 Å². The van der Waals surface area contributed by atoms with Gasteiger partial charge in [0.2, 0.25) is 0 Å². The summed E-state index contributed by atoms with van der Waals surface area (Å²) in [6, 6.07) is 9.58. The molecule has 18 heavy (non-hydrogen) atoms. The van der Waals surface area contributed by atoms with E-state index in [0.717, 1.165) is 12.6 Å². The van der Waals surface area contributed by atoms with E-state index in [1.807, 2.05) is 0 Å². The third-order valence-electron chi connectivity index (χ3n) is 3.93. The van der Waals surface area contributed by atoms with E-state index in [-0.39, 0.29) is 0 Å². The van der Waals surface area contributed by atoms with Crippen LogP contribution in [0.15, 0.2) is 24.3 Å². The average Bonchev–Trinajstić information content (AvgIpc) is 2.40. The molecule has 0 amide bonds. The van der Waals surface area contributed by atoms with Crippen LogP contribution in [0.4, 0.5) is 5.69 Å². The van der Waals surface area contributed by atoms with Crippen molar-refractivity contribution >= 4 is 5.69 Å². The van der Waals surface area contributed by atoms with Crippen LogP contribution in [0.3, 0.4) is 0 Å². The van der Waals surface area contributed by atoms with Gasteiger partial charge in [0.1, 0.15) is 0 Å². The van der Waals surface area contributed by atoms with Crippen molar-refractivity contribution in [1.82, 2.24) is 5.32 Å². The highest BCUT2D eigenvalue weighted by atomic mass is 15.1. The molecule has 1 N–H and O–H groups in total. The number of hydrogen-bond acceptors (Lipinski definition) is 2. The van der Waals surface area contributed by atoms with E-state index in [9.17, 15) is 0 Å². The molecule has 1 unspecified atom stereocenters. The lowest BCUT2D eigenvalue weighted by atomic mass is 10.0. The van der Waals surface area contributed by atoms with Crippen molar-refractivity contribution in [3.63, 3.8) is 0 Å². The Bertz CT molecular complexity index is 339. The summed E-state index contributed by atoms with van der Waals surface area (Å²) in [6.45, 7) is 4.51. The molecular formula is C16H26N2. The minimum Gasteiger partial charge on any atom is -0.375 e. The molecule has 0 aromatic heterocycles. The molecule has 2 heteroatoms. The lowest BCUT2D eigenvalue weighted by molar-refractivity contribution is 0.376. The summed E-state index contributed by atoms with van der Waals surface area (Å²) in [5.74, 6) is 0. The first-order valence-electron chi connectivity index (χ1n) is 7.27. The fourth-order valence-corrected chi connectivity index (χ4v) is 2.67. The van der Waals surface area contributed by atoms with Crippen LogP contribution in [0.5, 0.6) is 0 Å².